The average molecular weight is 258 g/mol. The van der Waals surface area contributed by atoms with E-state index >= 15 is 0 Å². The minimum Gasteiger partial charge on any atom is -0.347 e. The zero-order valence-electron chi connectivity index (χ0n) is 9.97. The Hall–Kier alpha value is -1.87. The smallest absolute Gasteiger partial charge is 0.222 e. The van der Waals surface area contributed by atoms with Crippen molar-refractivity contribution >= 4 is 22.5 Å². The van der Waals surface area contributed by atoms with Crippen LogP contribution in [0.2, 0.25) is 5.28 Å². The summed E-state index contributed by atoms with van der Waals surface area (Å²) in [6.45, 7) is 3.06. The van der Waals surface area contributed by atoms with Crippen LogP contribution in [0.25, 0.3) is 22.2 Å². The molecule has 2 heterocycles. The molecule has 0 spiro atoms. The maximum atomic E-state index is 5.86. The van der Waals surface area contributed by atoms with Gasteiger partial charge in [0.25, 0.3) is 0 Å². The van der Waals surface area contributed by atoms with E-state index in [9.17, 15) is 0 Å². The summed E-state index contributed by atoms with van der Waals surface area (Å²) >= 11 is 5.86. The molecule has 4 heteroatoms. The molecular weight excluding hydrogens is 246 g/mol. The zero-order chi connectivity index (χ0) is 12.5. The molecule has 0 radical (unpaired) electrons. The minimum absolute atomic E-state index is 0.279. The highest BCUT2D eigenvalue weighted by Crippen LogP contribution is 2.29. The molecule has 0 amide bonds. The van der Waals surface area contributed by atoms with Gasteiger partial charge in [-0.1, -0.05) is 18.2 Å². The Morgan fingerprint density at radius 1 is 1.22 bits per heavy atom. The Morgan fingerprint density at radius 2 is 2.06 bits per heavy atom. The van der Waals surface area contributed by atoms with Crippen LogP contribution in [0, 0.1) is 0 Å². The second-order valence-corrected chi connectivity index (χ2v) is 4.39. The highest BCUT2D eigenvalue weighted by atomic mass is 35.5. The number of hydrogen-bond acceptors (Lipinski definition) is 2. The van der Waals surface area contributed by atoms with Gasteiger partial charge in [-0.25, -0.2) is 9.97 Å². The molecule has 3 aromatic rings. The molecule has 3 nitrogen and oxygen atoms in total. The van der Waals surface area contributed by atoms with Crippen molar-refractivity contribution in [2.24, 2.45) is 0 Å². The molecule has 0 aliphatic heterocycles. The van der Waals surface area contributed by atoms with Crippen LogP contribution in [0.4, 0.5) is 0 Å². The molecule has 0 fully saturated rings. The minimum atomic E-state index is 0.279. The molecule has 0 atom stereocenters. The number of aryl methyl sites for hydroxylation is 1. The van der Waals surface area contributed by atoms with Crippen LogP contribution in [-0.4, -0.2) is 14.5 Å². The largest absolute Gasteiger partial charge is 0.347 e. The summed E-state index contributed by atoms with van der Waals surface area (Å²) in [5, 5.41) is 1.47. The maximum absolute atomic E-state index is 5.86. The van der Waals surface area contributed by atoms with Gasteiger partial charge in [0.2, 0.25) is 5.28 Å². The van der Waals surface area contributed by atoms with E-state index in [1.807, 2.05) is 18.2 Å². The molecule has 0 N–H and O–H groups in total. The van der Waals surface area contributed by atoms with Crippen molar-refractivity contribution in [3.8, 4) is 11.3 Å². The van der Waals surface area contributed by atoms with Crippen molar-refractivity contribution in [2.75, 3.05) is 0 Å². The topological polar surface area (TPSA) is 30.7 Å². The number of aromatic nitrogens is 3. The summed E-state index contributed by atoms with van der Waals surface area (Å²) in [6, 6.07) is 10.2. The quantitative estimate of drug-likeness (QED) is 0.654. The lowest BCUT2D eigenvalue weighted by molar-refractivity contribution is 0.798. The molecule has 0 saturated carbocycles. The average Bonchev–Trinajstić information content (AvgIpc) is 2.77. The van der Waals surface area contributed by atoms with Crippen LogP contribution in [0.5, 0.6) is 0 Å². The van der Waals surface area contributed by atoms with E-state index in [2.05, 4.69) is 39.8 Å². The highest BCUT2D eigenvalue weighted by Gasteiger charge is 2.10. The second-order valence-electron chi connectivity index (χ2n) is 4.06. The molecule has 0 aliphatic carbocycles. The van der Waals surface area contributed by atoms with E-state index in [0.29, 0.717) is 0 Å². The van der Waals surface area contributed by atoms with Gasteiger partial charge in [0.15, 0.2) is 0 Å². The van der Waals surface area contributed by atoms with Gasteiger partial charge in [0, 0.05) is 35.4 Å². The Morgan fingerprint density at radius 3 is 2.83 bits per heavy atom. The predicted molar refractivity (Wildman–Crippen MR) is 73.6 cm³/mol. The standard InChI is InChI=1S/C14H12ClN3/c1-2-18-9-11(10-5-3-4-6-13(10)18)12-7-8-16-14(15)17-12/h3-9H,2H2,1H3. The van der Waals surface area contributed by atoms with Crippen LogP contribution in [0.1, 0.15) is 6.92 Å². The molecule has 90 valence electrons. The third kappa shape index (κ3) is 1.77. The normalized spacial score (nSPS) is 11.0. The molecule has 2 aromatic heterocycles. The molecular formula is C14H12ClN3. The van der Waals surface area contributed by atoms with Crippen LogP contribution in [0.15, 0.2) is 42.7 Å². The van der Waals surface area contributed by atoms with Gasteiger partial charge >= 0.3 is 0 Å². The van der Waals surface area contributed by atoms with Gasteiger partial charge < -0.3 is 4.57 Å². The SMILES string of the molecule is CCn1cc(-c2ccnc(Cl)n2)c2ccccc21. The van der Waals surface area contributed by atoms with Crippen LogP contribution < -0.4 is 0 Å². The van der Waals surface area contributed by atoms with Crippen molar-refractivity contribution in [3.05, 3.63) is 48.0 Å². The van der Waals surface area contributed by atoms with Gasteiger partial charge in [0.05, 0.1) is 5.69 Å². The molecule has 0 aliphatic rings. The molecule has 3 rings (SSSR count). The van der Waals surface area contributed by atoms with Crippen molar-refractivity contribution in [1.82, 2.24) is 14.5 Å². The van der Waals surface area contributed by atoms with Gasteiger partial charge in [-0.3, -0.25) is 0 Å². The summed E-state index contributed by atoms with van der Waals surface area (Å²) in [6.07, 6.45) is 3.80. The lowest BCUT2D eigenvalue weighted by Gasteiger charge is -1.98. The van der Waals surface area contributed by atoms with Gasteiger partial charge in [-0.2, -0.15) is 0 Å². The van der Waals surface area contributed by atoms with E-state index in [1.54, 1.807) is 6.20 Å². The van der Waals surface area contributed by atoms with Gasteiger partial charge in [-0.15, -0.1) is 0 Å². The van der Waals surface area contributed by atoms with Crippen molar-refractivity contribution in [2.45, 2.75) is 13.5 Å². The van der Waals surface area contributed by atoms with Gasteiger partial charge in [0.1, 0.15) is 0 Å². The molecule has 0 bridgehead atoms. The fourth-order valence-electron chi connectivity index (χ4n) is 2.20. The van der Waals surface area contributed by atoms with E-state index in [0.717, 1.165) is 17.8 Å². The summed E-state index contributed by atoms with van der Waals surface area (Å²) in [7, 11) is 0. The first-order valence-electron chi connectivity index (χ1n) is 5.86. The van der Waals surface area contributed by atoms with Crippen molar-refractivity contribution < 1.29 is 0 Å². The molecule has 18 heavy (non-hydrogen) atoms. The first kappa shape index (κ1) is 11.2. The Kier molecular flexibility index (Phi) is 2.76. The lowest BCUT2D eigenvalue weighted by atomic mass is 10.1. The second kappa shape index (κ2) is 4.42. The highest BCUT2D eigenvalue weighted by molar-refractivity contribution is 6.28. The Labute approximate surface area is 110 Å². The first-order valence-corrected chi connectivity index (χ1v) is 6.24. The van der Waals surface area contributed by atoms with E-state index in [4.69, 9.17) is 11.6 Å². The number of para-hydroxylation sites is 1. The Balaban J connectivity index is 2.29. The number of nitrogens with zero attached hydrogens (tertiary/aromatic N) is 3. The van der Waals surface area contributed by atoms with E-state index in [-0.39, 0.29) is 5.28 Å². The van der Waals surface area contributed by atoms with Gasteiger partial charge in [-0.05, 0) is 30.7 Å². The van der Waals surface area contributed by atoms with E-state index < -0.39 is 0 Å². The lowest BCUT2D eigenvalue weighted by Crippen LogP contribution is -1.90. The first-order chi connectivity index (χ1) is 8.79. The number of fused-ring (bicyclic) bond motifs is 1. The number of hydrogen-bond donors (Lipinski definition) is 0. The van der Waals surface area contributed by atoms with Crippen molar-refractivity contribution in [1.29, 1.82) is 0 Å². The summed E-state index contributed by atoms with van der Waals surface area (Å²) in [4.78, 5) is 8.20. The number of halogens is 1. The fourth-order valence-corrected chi connectivity index (χ4v) is 2.34. The molecule has 1 aromatic carbocycles. The summed E-state index contributed by atoms with van der Waals surface area (Å²) in [5.41, 5.74) is 3.17. The monoisotopic (exact) mass is 257 g/mol. The van der Waals surface area contributed by atoms with Crippen LogP contribution in [0.3, 0.4) is 0 Å². The maximum Gasteiger partial charge on any atom is 0.222 e. The fraction of sp³-hybridized carbons (Fsp3) is 0.143. The third-order valence-electron chi connectivity index (χ3n) is 3.03. The zero-order valence-corrected chi connectivity index (χ0v) is 10.7. The molecule has 0 saturated heterocycles. The van der Waals surface area contributed by atoms with Crippen LogP contribution >= 0.6 is 11.6 Å². The van der Waals surface area contributed by atoms with Crippen molar-refractivity contribution in [3.63, 3.8) is 0 Å². The summed E-state index contributed by atoms with van der Waals surface area (Å²) in [5.74, 6) is 0. The predicted octanol–water partition coefficient (Wildman–Crippen LogP) is 3.77. The third-order valence-corrected chi connectivity index (χ3v) is 3.21. The summed E-state index contributed by atoms with van der Waals surface area (Å²) < 4.78 is 2.21. The van der Waals surface area contributed by atoms with Crippen LogP contribution in [-0.2, 0) is 6.54 Å². The van der Waals surface area contributed by atoms with E-state index in [1.165, 1.54) is 10.9 Å². The number of rotatable bonds is 2. The Bertz CT molecular complexity index is 703. The molecule has 0 unspecified atom stereocenters. The number of benzene rings is 1.